The van der Waals surface area contributed by atoms with E-state index in [0.717, 1.165) is 11.1 Å². The molecule has 2 aromatic rings. The van der Waals surface area contributed by atoms with Gasteiger partial charge in [0.25, 0.3) is 0 Å². The minimum absolute atomic E-state index is 0.0569. The van der Waals surface area contributed by atoms with Gasteiger partial charge < -0.3 is 4.74 Å². The molecule has 3 rings (SSSR count). The monoisotopic (exact) mass is 349 g/mol. The van der Waals surface area contributed by atoms with Crippen molar-refractivity contribution in [3.8, 4) is 0 Å². The van der Waals surface area contributed by atoms with Crippen LogP contribution in [0, 0.1) is 12.7 Å². The topological polar surface area (TPSA) is 46.6 Å². The van der Waals surface area contributed by atoms with Gasteiger partial charge in [0.15, 0.2) is 0 Å². The normalized spacial score (nSPS) is 19.3. The van der Waals surface area contributed by atoms with Gasteiger partial charge in [-0.05, 0) is 18.6 Å². The lowest BCUT2D eigenvalue weighted by Gasteiger charge is -2.32. The van der Waals surface area contributed by atoms with Crippen LogP contribution < -0.4 is 0 Å². The Hall–Kier alpha value is -1.76. The van der Waals surface area contributed by atoms with Crippen LogP contribution in [-0.4, -0.2) is 32.4 Å². The molecule has 0 radical (unpaired) electrons. The molecule has 24 heavy (non-hydrogen) atoms. The molecule has 2 aromatic carbocycles. The van der Waals surface area contributed by atoms with Crippen molar-refractivity contribution in [1.82, 2.24) is 4.31 Å². The minimum Gasteiger partial charge on any atom is -0.371 e. The molecule has 0 saturated carbocycles. The number of sulfonamides is 1. The number of nitrogens with zero attached hydrogens (tertiary/aromatic N) is 1. The molecule has 0 N–H and O–H groups in total. The highest BCUT2D eigenvalue weighted by Gasteiger charge is 2.31. The lowest BCUT2D eigenvalue weighted by molar-refractivity contribution is -0.00447. The molecule has 1 unspecified atom stereocenters. The van der Waals surface area contributed by atoms with Crippen molar-refractivity contribution in [2.24, 2.45) is 0 Å². The Balaban J connectivity index is 1.77. The molecule has 0 bridgehead atoms. The van der Waals surface area contributed by atoms with E-state index in [0.29, 0.717) is 12.1 Å². The fraction of sp³-hybridized carbons (Fsp3) is 0.333. The first kappa shape index (κ1) is 17.1. The van der Waals surface area contributed by atoms with E-state index < -0.39 is 16.1 Å². The van der Waals surface area contributed by atoms with E-state index in [2.05, 4.69) is 0 Å². The Labute approximate surface area is 141 Å². The summed E-state index contributed by atoms with van der Waals surface area (Å²) in [5, 5.41) is 0. The molecule has 0 aliphatic carbocycles. The number of ether oxygens (including phenoxy) is 1. The molecule has 1 atom stereocenters. The summed E-state index contributed by atoms with van der Waals surface area (Å²) < 4.78 is 46.3. The van der Waals surface area contributed by atoms with Gasteiger partial charge in [-0.1, -0.05) is 48.0 Å². The molecule has 0 amide bonds. The van der Waals surface area contributed by atoms with Crippen LogP contribution in [0.25, 0.3) is 0 Å². The maximum atomic E-state index is 13.9. The number of rotatable bonds is 4. The zero-order valence-electron chi connectivity index (χ0n) is 13.5. The Bertz CT molecular complexity index is 823. The Morgan fingerprint density at radius 2 is 2.00 bits per heavy atom. The predicted molar refractivity (Wildman–Crippen MR) is 90.5 cm³/mol. The lowest BCUT2D eigenvalue weighted by Crippen LogP contribution is -2.42. The largest absolute Gasteiger partial charge is 0.371 e. The summed E-state index contributed by atoms with van der Waals surface area (Å²) in [6.07, 6.45) is -0.577. The van der Waals surface area contributed by atoms with Crippen molar-refractivity contribution in [2.45, 2.75) is 18.8 Å². The maximum absolute atomic E-state index is 13.9. The third kappa shape index (κ3) is 3.83. The molecule has 1 saturated heterocycles. The van der Waals surface area contributed by atoms with Gasteiger partial charge in [0.1, 0.15) is 5.82 Å². The molecule has 6 heteroatoms. The van der Waals surface area contributed by atoms with Crippen LogP contribution >= 0.6 is 0 Å². The number of aryl methyl sites for hydroxylation is 1. The fourth-order valence-corrected chi connectivity index (χ4v) is 4.41. The van der Waals surface area contributed by atoms with Gasteiger partial charge in [0.05, 0.1) is 18.5 Å². The second kappa shape index (κ2) is 7.01. The van der Waals surface area contributed by atoms with Crippen molar-refractivity contribution < 1.29 is 17.5 Å². The number of morpholine rings is 1. The second-order valence-corrected chi connectivity index (χ2v) is 7.95. The molecule has 0 spiro atoms. The second-order valence-electron chi connectivity index (χ2n) is 5.98. The predicted octanol–water partition coefficient (Wildman–Crippen LogP) is 3.04. The van der Waals surface area contributed by atoms with E-state index in [1.165, 1.54) is 10.4 Å². The minimum atomic E-state index is -3.48. The summed E-state index contributed by atoms with van der Waals surface area (Å²) in [6.45, 7) is 2.61. The van der Waals surface area contributed by atoms with E-state index in [4.69, 9.17) is 4.74 Å². The van der Waals surface area contributed by atoms with Crippen LogP contribution in [0.5, 0.6) is 0 Å². The Morgan fingerprint density at radius 3 is 2.75 bits per heavy atom. The summed E-state index contributed by atoms with van der Waals surface area (Å²) >= 11 is 0. The van der Waals surface area contributed by atoms with Gasteiger partial charge in [-0.15, -0.1) is 0 Å². The molecular formula is C18H20FNO3S. The molecule has 1 aliphatic heterocycles. The third-order valence-corrected chi connectivity index (χ3v) is 5.92. The summed E-state index contributed by atoms with van der Waals surface area (Å²) in [5.41, 5.74) is 2.17. The van der Waals surface area contributed by atoms with Gasteiger partial charge in [0.2, 0.25) is 10.0 Å². The third-order valence-electron chi connectivity index (χ3n) is 4.11. The van der Waals surface area contributed by atoms with Gasteiger partial charge in [0, 0.05) is 18.7 Å². The summed E-state index contributed by atoms with van der Waals surface area (Å²) in [7, 11) is -3.48. The number of hydrogen-bond donors (Lipinski definition) is 0. The Kier molecular flexibility index (Phi) is 4.99. The highest BCUT2D eigenvalue weighted by molar-refractivity contribution is 7.88. The van der Waals surface area contributed by atoms with Crippen LogP contribution in [0.15, 0.2) is 48.5 Å². The van der Waals surface area contributed by atoms with E-state index in [1.807, 2.05) is 25.1 Å². The van der Waals surface area contributed by atoms with E-state index in [-0.39, 0.29) is 24.7 Å². The molecule has 1 aliphatic rings. The van der Waals surface area contributed by atoms with E-state index >= 15 is 0 Å². The van der Waals surface area contributed by atoms with Crippen molar-refractivity contribution in [3.05, 3.63) is 71.0 Å². The van der Waals surface area contributed by atoms with Crippen molar-refractivity contribution in [3.63, 3.8) is 0 Å². The van der Waals surface area contributed by atoms with Gasteiger partial charge >= 0.3 is 0 Å². The maximum Gasteiger partial charge on any atom is 0.218 e. The van der Waals surface area contributed by atoms with E-state index in [9.17, 15) is 12.8 Å². The first-order chi connectivity index (χ1) is 11.5. The molecule has 1 heterocycles. The molecular weight excluding hydrogens is 329 g/mol. The summed E-state index contributed by atoms with van der Waals surface area (Å²) in [4.78, 5) is 0. The van der Waals surface area contributed by atoms with Crippen molar-refractivity contribution >= 4 is 10.0 Å². The van der Waals surface area contributed by atoms with Crippen molar-refractivity contribution in [1.29, 1.82) is 0 Å². The first-order valence-corrected chi connectivity index (χ1v) is 9.46. The summed E-state index contributed by atoms with van der Waals surface area (Å²) in [6, 6.07) is 13.8. The SMILES string of the molecule is Cc1cccc(CS(=O)(=O)N2CCOC(c3ccccc3F)C2)c1. The quantitative estimate of drug-likeness (QED) is 0.852. The number of hydrogen-bond acceptors (Lipinski definition) is 3. The zero-order valence-corrected chi connectivity index (χ0v) is 14.3. The van der Waals surface area contributed by atoms with Crippen LogP contribution in [-0.2, 0) is 20.5 Å². The number of halogens is 1. The average molecular weight is 349 g/mol. The first-order valence-electron chi connectivity index (χ1n) is 7.85. The smallest absolute Gasteiger partial charge is 0.218 e. The zero-order chi connectivity index (χ0) is 17.2. The molecule has 1 fully saturated rings. The van der Waals surface area contributed by atoms with Gasteiger partial charge in [-0.3, -0.25) is 0 Å². The highest BCUT2D eigenvalue weighted by Crippen LogP contribution is 2.26. The molecule has 4 nitrogen and oxygen atoms in total. The van der Waals surface area contributed by atoms with Gasteiger partial charge in [-0.25, -0.2) is 12.8 Å². The van der Waals surface area contributed by atoms with Crippen LogP contribution in [0.3, 0.4) is 0 Å². The standard InChI is InChI=1S/C18H20FNO3S/c1-14-5-4-6-15(11-14)13-24(21,22)20-9-10-23-18(12-20)16-7-2-3-8-17(16)19/h2-8,11,18H,9-10,12-13H2,1H3. The van der Waals surface area contributed by atoms with E-state index in [1.54, 1.807) is 24.3 Å². The fourth-order valence-electron chi connectivity index (χ4n) is 2.91. The lowest BCUT2D eigenvalue weighted by atomic mass is 10.1. The van der Waals surface area contributed by atoms with Gasteiger partial charge in [-0.2, -0.15) is 4.31 Å². The summed E-state index contributed by atoms with van der Waals surface area (Å²) in [5.74, 6) is -0.431. The van der Waals surface area contributed by atoms with Crippen LogP contribution in [0.4, 0.5) is 4.39 Å². The Morgan fingerprint density at radius 1 is 1.21 bits per heavy atom. The average Bonchev–Trinajstić information content (AvgIpc) is 2.55. The number of benzene rings is 2. The van der Waals surface area contributed by atoms with Crippen LogP contribution in [0.1, 0.15) is 22.8 Å². The molecule has 128 valence electrons. The molecule has 0 aromatic heterocycles. The van der Waals surface area contributed by atoms with Crippen LogP contribution in [0.2, 0.25) is 0 Å². The highest BCUT2D eigenvalue weighted by atomic mass is 32.2. The van der Waals surface area contributed by atoms with Crippen molar-refractivity contribution in [2.75, 3.05) is 19.7 Å².